The number of hydrogen-bond donors (Lipinski definition) is 2. The predicted octanol–water partition coefficient (Wildman–Crippen LogP) is 2.33. The zero-order valence-corrected chi connectivity index (χ0v) is 12.4. The van der Waals surface area contributed by atoms with E-state index < -0.39 is 6.04 Å². The van der Waals surface area contributed by atoms with Crippen molar-refractivity contribution < 1.29 is 14.0 Å². The van der Waals surface area contributed by atoms with Gasteiger partial charge in [0.2, 0.25) is 5.91 Å². The lowest BCUT2D eigenvalue weighted by molar-refractivity contribution is -0.121. The van der Waals surface area contributed by atoms with E-state index in [9.17, 15) is 14.0 Å². The van der Waals surface area contributed by atoms with Gasteiger partial charge in [0.25, 0.3) is 0 Å². The molecule has 1 aliphatic rings. The van der Waals surface area contributed by atoms with E-state index in [2.05, 4.69) is 10.6 Å². The number of urea groups is 1. The van der Waals surface area contributed by atoms with E-state index >= 15 is 0 Å². The molecule has 1 aromatic carbocycles. The van der Waals surface area contributed by atoms with Crippen LogP contribution in [-0.2, 0) is 11.3 Å². The maximum Gasteiger partial charge on any atom is 0.318 e. The van der Waals surface area contributed by atoms with Crippen LogP contribution in [0.4, 0.5) is 14.9 Å². The maximum absolute atomic E-state index is 13.4. The summed E-state index contributed by atoms with van der Waals surface area (Å²) < 4.78 is 13.4. The van der Waals surface area contributed by atoms with E-state index in [1.54, 1.807) is 0 Å². The van der Waals surface area contributed by atoms with Crippen LogP contribution in [0.3, 0.4) is 0 Å². The molecule has 0 fully saturated rings. The SMILES string of the molecule is CC[C@H](C)[C@H]1C(=O)Nc2ccc(F)cc2CN1C(=O)NC. The highest BCUT2D eigenvalue weighted by Crippen LogP contribution is 2.27. The number of nitrogens with zero attached hydrogens (tertiary/aromatic N) is 1. The van der Waals surface area contributed by atoms with Crippen LogP contribution in [0.5, 0.6) is 0 Å². The average molecular weight is 293 g/mol. The highest BCUT2D eigenvalue weighted by molar-refractivity contribution is 5.98. The first kappa shape index (κ1) is 15.3. The smallest absolute Gasteiger partial charge is 0.318 e. The summed E-state index contributed by atoms with van der Waals surface area (Å²) in [6.07, 6.45) is 0.760. The van der Waals surface area contributed by atoms with Crippen molar-refractivity contribution in [2.24, 2.45) is 5.92 Å². The summed E-state index contributed by atoms with van der Waals surface area (Å²) in [4.78, 5) is 26.1. The van der Waals surface area contributed by atoms with E-state index in [-0.39, 0.29) is 30.2 Å². The maximum atomic E-state index is 13.4. The number of carbonyl (C=O) groups is 2. The van der Waals surface area contributed by atoms with Crippen molar-refractivity contribution in [3.05, 3.63) is 29.6 Å². The summed E-state index contributed by atoms with van der Waals surface area (Å²) in [5.74, 6) is -0.624. The Morgan fingerprint density at radius 2 is 2.29 bits per heavy atom. The van der Waals surface area contributed by atoms with Crippen molar-refractivity contribution in [3.63, 3.8) is 0 Å². The first-order valence-corrected chi connectivity index (χ1v) is 7.05. The molecule has 114 valence electrons. The highest BCUT2D eigenvalue weighted by Gasteiger charge is 2.36. The number of amides is 3. The molecule has 0 aromatic heterocycles. The lowest BCUT2D eigenvalue weighted by Gasteiger charge is -2.31. The zero-order valence-electron chi connectivity index (χ0n) is 12.4. The molecular formula is C15H20FN3O2. The molecule has 21 heavy (non-hydrogen) atoms. The first-order chi connectivity index (χ1) is 9.97. The van der Waals surface area contributed by atoms with Crippen LogP contribution >= 0.6 is 0 Å². The molecule has 2 N–H and O–H groups in total. The summed E-state index contributed by atoms with van der Waals surface area (Å²) in [6.45, 7) is 4.09. The summed E-state index contributed by atoms with van der Waals surface area (Å²) in [6, 6.07) is 3.26. The van der Waals surface area contributed by atoms with Gasteiger partial charge in [-0.15, -0.1) is 0 Å². The van der Waals surface area contributed by atoms with Crippen LogP contribution in [0.15, 0.2) is 18.2 Å². The van der Waals surface area contributed by atoms with Gasteiger partial charge in [0.15, 0.2) is 0 Å². The second-order valence-electron chi connectivity index (χ2n) is 5.30. The van der Waals surface area contributed by atoms with Gasteiger partial charge < -0.3 is 15.5 Å². The normalized spacial score (nSPS) is 19.3. The molecule has 5 nitrogen and oxygen atoms in total. The molecule has 0 spiro atoms. The van der Waals surface area contributed by atoms with Crippen molar-refractivity contribution in [2.45, 2.75) is 32.9 Å². The molecule has 3 amide bonds. The number of carbonyl (C=O) groups excluding carboxylic acids is 2. The van der Waals surface area contributed by atoms with Crippen LogP contribution in [0.1, 0.15) is 25.8 Å². The third-order valence-corrected chi connectivity index (χ3v) is 3.93. The van der Waals surface area contributed by atoms with E-state index in [0.717, 1.165) is 6.42 Å². The summed E-state index contributed by atoms with van der Waals surface area (Å²) in [5, 5.41) is 5.35. The lowest BCUT2D eigenvalue weighted by Crippen LogP contribution is -2.51. The average Bonchev–Trinajstić information content (AvgIpc) is 2.61. The molecule has 2 rings (SSSR count). The van der Waals surface area contributed by atoms with Crippen molar-refractivity contribution in [3.8, 4) is 0 Å². The molecule has 0 saturated carbocycles. The summed E-state index contributed by atoms with van der Waals surface area (Å²) >= 11 is 0. The quantitative estimate of drug-likeness (QED) is 0.879. The second kappa shape index (κ2) is 6.11. The Labute approximate surface area is 123 Å². The first-order valence-electron chi connectivity index (χ1n) is 7.05. The van der Waals surface area contributed by atoms with E-state index in [4.69, 9.17) is 0 Å². The minimum absolute atomic E-state index is 0.00135. The molecule has 2 atom stereocenters. The van der Waals surface area contributed by atoms with Gasteiger partial charge in [-0.25, -0.2) is 9.18 Å². The Hall–Kier alpha value is -2.11. The van der Waals surface area contributed by atoms with Crippen LogP contribution in [0, 0.1) is 11.7 Å². The monoisotopic (exact) mass is 293 g/mol. The number of halogens is 1. The van der Waals surface area contributed by atoms with Crippen molar-refractivity contribution in [1.82, 2.24) is 10.2 Å². The van der Waals surface area contributed by atoms with Gasteiger partial charge in [0.05, 0.1) is 6.54 Å². The third kappa shape index (κ3) is 2.99. The van der Waals surface area contributed by atoms with Gasteiger partial charge in [0.1, 0.15) is 11.9 Å². The Kier molecular flexibility index (Phi) is 4.45. The van der Waals surface area contributed by atoms with Crippen LogP contribution in [0.25, 0.3) is 0 Å². The molecule has 1 aromatic rings. The van der Waals surface area contributed by atoms with Gasteiger partial charge >= 0.3 is 6.03 Å². The van der Waals surface area contributed by atoms with Crippen molar-refractivity contribution >= 4 is 17.6 Å². The van der Waals surface area contributed by atoms with Crippen LogP contribution in [0.2, 0.25) is 0 Å². The van der Waals surface area contributed by atoms with E-state index in [1.807, 2.05) is 13.8 Å². The number of anilines is 1. The standard InChI is InChI=1S/C15H20FN3O2/c1-4-9(2)13-14(20)18-12-6-5-11(16)7-10(12)8-19(13)15(21)17-3/h5-7,9,13H,4,8H2,1-3H3,(H,17,21)(H,18,20)/t9-,13-/m0/s1. The molecule has 0 unspecified atom stereocenters. The van der Waals surface area contributed by atoms with Crippen LogP contribution in [-0.4, -0.2) is 29.9 Å². The topological polar surface area (TPSA) is 61.4 Å². The molecule has 0 aliphatic carbocycles. The molecule has 0 bridgehead atoms. The second-order valence-corrected chi connectivity index (χ2v) is 5.30. The molecular weight excluding hydrogens is 273 g/mol. The number of rotatable bonds is 2. The molecule has 0 saturated heterocycles. The van der Waals surface area contributed by atoms with Gasteiger partial charge in [0, 0.05) is 12.7 Å². The largest absolute Gasteiger partial charge is 0.341 e. The zero-order chi connectivity index (χ0) is 15.6. The van der Waals surface area contributed by atoms with Gasteiger partial charge in [-0.05, 0) is 29.7 Å². The number of benzene rings is 1. The highest BCUT2D eigenvalue weighted by atomic mass is 19.1. The predicted molar refractivity (Wildman–Crippen MR) is 78.3 cm³/mol. The Morgan fingerprint density at radius 3 is 2.90 bits per heavy atom. The fraction of sp³-hybridized carbons (Fsp3) is 0.467. The van der Waals surface area contributed by atoms with E-state index in [0.29, 0.717) is 11.3 Å². The van der Waals surface area contributed by atoms with Crippen molar-refractivity contribution in [1.29, 1.82) is 0 Å². The molecule has 0 radical (unpaired) electrons. The van der Waals surface area contributed by atoms with Gasteiger partial charge in [-0.3, -0.25) is 4.79 Å². The third-order valence-electron chi connectivity index (χ3n) is 3.93. The molecule has 1 aliphatic heterocycles. The van der Waals surface area contributed by atoms with Crippen molar-refractivity contribution in [2.75, 3.05) is 12.4 Å². The fourth-order valence-corrected chi connectivity index (χ4v) is 2.58. The van der Waals surface area contributed by atoms with E-state index in [1.165, 1.54) is 30.1 Å². The Bertz CT molecular complexity index is 562. The lowest BCUT2D eigenvalue weighted by atomic mass is 9.97. The summed E-state index contributed by atoms with van der Waals surface area (Å²) in [7, 11) is 1.52. The number of fused-ring (bicyclic) bond motifs is 1. The minimum atomic E-state index is -0.578. The molecule has 1 heterocycles. The Morgan fingerprint density at radius 1 is 1.57 bits per heavy atom. The number of hydrogen-bond acceptors (Lipinski definition) is 2. The minimum Gasteiger partial charge on any atom is -0.341 e. The Balaban J connectivity index is 2.46. The molecule has 6 heteroatoms. The number of nitrogens with one attached hydrogen (secondary N) is 2. The van der Waals surface area contributed by atoms with Gasteiger partial charge in [-0.2, -0.15) is 0 Å². The summed E-state index contributed by atoms with van der Waals surface area (Å²) in [5.41, 5.74) is 1.15. The van der Waals surface area contributed by atoms with Crippen LogP contribution < -0.4 is 10.6 Å². The fourth-order valence-electron chi connectivity index (χ4n) is 2.58. The van der Waals surface area contributed by atoms with Gasteiger partial charge in [-0.1, -0.05) is 20.3 Å².